The highest BCUT2D eigenvalue weighted by Crippen LogP contribution is 2.26. The standard InChI is InChI=1S/C9H9FN2O/c10-7-3-1-2-6(9(7)13)8(12)4-5-11/h1-3,8,13H,4,12H2. The molecule has 1 rings (SSSR count). The van der Waals surface area contributed by atoms with E-state index in [1.165, 1.54) is 12.1 Å². The summed E-state index contributed by atoms with van der Waals surface area (Å²) >= 11 is 0. The summed E-state index contributed by atoms with van der Waals surface area (Å²) in [4.78, 5) is 0. The molecule has 1 aromatic carbocycles. The Morgan fingerprint density at radius 3 is 2.92 bits per heavy atom. The molecule has 0 spiro atoms. The summed E-state index contributed by atoms with van der Waals surface area (Å²) in [5.41, 5.74) is 5.79. The molecular weight excluding hydrogens is 171 g/mol. The monoisotopic (exact) mass is 180 g/mol. The van der Waals surface area contributed by atoms with Crippen molar-refractivity contribution in [2.45, 2.75) is 12.5 Å². The molecule has 0 amide bonds. The van der Waals surface area contributed by atoms with Crippen LogP contribution in [-0.2, 0) is 0 Å². The predicted molar refractivity (Wildman–Crippen MR) is 45.2 cm³/mol. The van der Waals surface area contributed by atoms with E-state index >= 15 is 0 Å². The molecule has 3 N–H and O–H groups in total. The van der Waals surface area contributed by atoms with Gasteiger partial charge in [-0.2, -0.15) is 5.26 Å². The maximum atomic E-state index is 12.8. The van der Waals surface area contributed by atoms with Crippen molar-refractivity contribution >= 4 is 0 Å². The third kappa shape index (κ3) is 1.95. The van der Waals surface area contributed by atoms with Gasteiger partial charge in [0.2, 0.25) is 0 Å². The quantitative estimate of drug-likeness (QED) is 0.723. The van der Waals surface area contributed by atoms with Crippen molar-refractivity contribution in [1.29, 1.82) is 5.26 Å². The van der Waals surface area contributed by atoms with Gasteiger partial charge in [-0.1, -0.05) is 12.1 Å². The predicted octanol–water partition coefficient (Wildman–Crippen LogP) is 1.44. The molecule has 0 aliphatic carbocycles. The average molecular weight is 180 g/mol. The highest BCUT2D eigenvalue weighted by molar-refractivity contribution is 5.36. The van der Waals surface area contributed by atoms with Crippen LogP contribution in [0.4, 0.5) is 4.39 Å². The minimum Gasteiger partial charge on any atom is -0.505 e. The van der Waals surface area contributed by atoms with Crippen molar-refractivity contribution < 1.29 is 9.50 Å². The van der Waals surface area contributed by atoms with E-state index in [1.54, 1.807) is 0 Å². The number of phenolic OH excluding ortho intramolecular Hbond substituents is 1. The molecule has 0 aliphatic heterocycles. The number of hydrogen-bond donors (Lipinski definition) is 2. The average Bonchev–Trinajstić information content (AvgIpc) is 2.10. The van der Waals surface area contributed by atoms with E-state index in [0.29, 0.717) is 0 Å². The van der Waals surface area contributed by atoms with E-state index < -0.39 is 17.6 Å². The Balaban J connectivity index is 3.02. The molecule has 0 aliphatic rings. The maximum Gasteiger partial charge on any atom is 0.165 e. The smallest absolute Gasteiger partial charge is 0.165 e. The lowest BCUT2D eigenvalue weighted by atomic mass is 10.0. The van der Waals surface area contributed by atoms with Crippen molar-refractivity contribution in [3.8, 4) is 11.8 Å². The van der Waals surface area contributed by atoms with Gasteiger partial charge in [0.15, 0.2) is 11.6 Å². The molecule has 1 unspecified atom stereocenters. The summed E-state index contributed by atoms with van der Waals surface area (Å²) in [6.07, 6.45) is 0.0526. The summed E-state index contributed by atoms with van der Waals surface area (Å²) in [5.74, 6) is -1.18. The largest absolute Gasteiger partial charge is 0.505 e. The fourth-order valence-electron chi connectivity index (χ4n) is 1.04. The Morgan fingerprint density at radius 2 is 2.31 bits per heavy atom. The second kappa shape index (κ2) is 3.87. The van der Waals surface area contributed by atoms with Crippen LogP contribution < -0.4 is 5.73 Å². The summed E-state index contributed by atoms with van der Waals surface area (Å²) in [6, 6.07) is 5.30. The summed E-state index contributed by atoms with van der Waals surface area (Å²) in [5, 5.41) is 17.6. The Morgan fingerprint density at radius 1 is 1.62 bits per heavy atom. The second-order valence-corrected chi connectivity index (χ2v) is 2.65. The molecule has 0 aromatic heterocycles. The molecule has 0 saturated heterocycles. The molecule has 3 nitrogen and oxygen atoms in total. The molecule has 0 bridgehead atoms. The number of halogens is 1. The van der Waals surface area contributed by atoms with E-state index in [4.69, 9.17) is 11.0 Å². The minimum absolute atomic E-state index is 0.0526. The van der Waals surface area contributed by atoms with Crippen LogP contribution in [0.3, 0.4) is 0 Å². The summed E-state index contributed by atoms with van der Waals surface area (Å²) in [7, 11) is 0. The van der Waals surface area contributed by atoms with E-state index in [9.17, 15) is 9.50 Å². The van der Waals surface area contributed by atoms with Gasteiger partial charge in [0.05, 0.1) is 12.5 Å². The van der Waals surface area contributed by atoms with Crippen molar-refractivity contribution in [2.24, 2.45) is 5.73 Å². The van der Waals surface area contributed by atoms with Gasteiger partial charge < -0.3 is 10.8 Å². The minimum atomic E-state index is -0.717. The summed E-state index contributed by atoms with van der Waals surface area (Å²) in [6.45, 7) is 0. The molecule has 13 heavy (non-hydrogen) atoms. The number of phenols is 1. The van der Waals surface area contributed by atoms with Crippen molar-refractivity contribution in [2.75, 3.05) is 0 Å². The fourth-order valence-corrected chi connectivity index (χ4v) is 1.04. The zero-order valence-corrected chi connectivity index (χ0v) is 6.87. The normalized spacial score (nSPS) is 12.1. The Hall–Kier alpha value is -1.60. The topological polar surface area (TPSA) is 70.0 Å². The Bertz CT molecular complexity index is 346. The third-order valence-corrected chi connectivity index (χ3v) is 1.73. The van der Waals surface area contributed by atoms with Crippen LogP contribution >= 0.6 is 0 Å². The van der Waals surface area contributed by atoms with Crippen LogP contribution in [0.15, 0.2) is 18.2 Å². The lowest BCUT2D eigenvalue weighted by molar-refractivity contribution is 0.421. The number of rotatable bonds is 2. The molecule has 1 atom stereocenters. The van der Waals surface area contributed by atoms with Crippen molar-refractivity contribution in [1.82, 2.24) is 0 Å². The van der Waals surface area contributed by atoms with Crippen molar-refractivity contribution in [3.63, 3.8) is 0 Å². The zero-order chi connectivity index (χ0) is 9.84. The lowest BCUT2D eigenvalue weighted by Crippen LogP contribution is -2.09. The number of aromatic hydroxyl groups is 1. The zero-order valence-electron chi connectivity index (χ0n) is 6.87. The number of nitriles is 1. The SMILES string of the molecule is N#CCC(N)c1cccc(F)c1O. The highest BCUT2D eigenvalue weighted by atomic mass is 19.1. The Labute approximate surface area is 75.2 Å². The number of benzene rings is 1. The molecule has 0 saturated carbocycles. The maximum absolute atomic E-state index is 12.8. The van der Waals surface area contributed by atoms with Crippen LogP contribution in [0.5, 0.6) is 5.75 Å². The van der Waals surface area contributed by atoms with E-state index in [1.807, 2.05) is 6.07 Å². The van der Waals surface area contributed by atoms with Gasteiger partial charge in [-0.25, -0.2) is 4.39 Å². The first-order valence-corrected chi connectivity index (χ1v) is 3.76. The molecule has 4 heteroatoms. The van der Waals surface area contributed by atoms with Gasteiger partial charge in [-0.15, -0.1) is 0 Å². The number of para-hydroxylation sites is 1. The summed E-state index contributed by atoms with van der Waals surface area (Å²) < 4.78 is 12.8. The second-order valence-electron chi connectivity index (χ2n) is 2.65. The first-order valence-electron chi connectivity index (χ1n) is 3.76. The molecule has 0 heterocycles. The van der Waals surface area contributed by atoms with Gasteiger partial charge >= 0.3 is 0 Å². The van der Waals surface area contributed by atoms with Gasteiger partial charge in [0.25, 0.3) is 0 Å². The van der Waals surface area contributed by atoms with E-state index in [2.05, 4.69) is 0 Å². The van der Waals surface area contributed by atoms with Crippen LogP contribution in [0, 0.1) is 17.1 Å². The molecular formula is C9H9FN2O. The first kappa shape index (κ1) is 9.49. The number of nitrogens with two attached hydrogens (primary N) is 1. The van der Waals surface area contributed by atoms with Crippen LogP contribution in [0.2, 0.25) is 0 Å². The van der Waals surface area contributed by atoms with E-state index in [-0.39, 0.29) is 12.0 Å². The molecule has 1 aromatic rings. The van der Waals surface area contributed by atoms with Crippen LogP contribution in [0.25, 0.3) is 0 Å². The van der Waals surface area contributed by atoms with Crippen LogP contribution in [0.1, 0.15) is 18.0 Å². The van der Waals surface area contributed by atoms with Gasteiger partial charge in [-0.3, -0.25) is 0 Å². The highest BCUT2D eigenvalue weighted by Gasteiger charge is 2.12. The molecule has 68 valence electrons. The Kier molecular flexibility index (Phi) is 2.83. The van der Waals surface area contributed by atoms with Crippen molar-refractivity contribution in [3.05, 3.63) is 29.6 Å². The third-order valence-electron chi connectivity index (χ3n) is 1.73. The first-order chi connectivity index (χ1) is 6.16. The van der Waals surface area contributed by atoms with Gasteiger partial charge in [0, 0.05) is 11.6 Å². The fraction of sp³-hybridized carbons (Fsp3) is 0.222. The van der Waals surface area contributed by atoms with Gasteiger partial charge in [-0.05, 0) is 6.07 Å². The van der Waals surface area contributed by atoms with Crippen LogP contribution in [-0.4, -0.2) is 5.11 Å². The number of hydrogen-bond acceptors (Lipinski definition) is 3. The number of nitrogens with zero attached hydrogens (tertiary/aromatic N) is 1. The van der Waals surface area contributed by atoms with Gasteiger partial charge in [0.1, 0.15) is 0 Å². The molecule has 0 radical (unpaired) electrons. The molecule has 0 fully saturated rings. The lowest BCUT2D eigenvalue weighted by Gasteiger charge is -2.09. The van der Waals surface area contributed by atoms with E-state index in [0.717, 1.165) is 6.07 Å².